The van der Waals surface area contributed by atoms with Gasteiger partial charge in [-0.05, 0) is 117 Å². The van der Waals surface area contributed by atoms with Crippen molar-refractivity contribution in [2.45, 2.75) is 12.8 Å². The predicted octanol–water partition coefficient (Wildman–Crippen LogP) is 6.89. The summed E-state index contributed by atoms with van der Waals surface area (Å²) >= 11 is 6.05. The summed E-state index contributed by atoms with van der Waals surface area (Å²) in [6.45, 7) is 0. The van der Waals surface area contributed by atoms with E-state index in [1.54, 1.807) is 36.4 Å². The largest absolute Gasteiger partial charge is 0.326 e. The van der Waals surface area contributed by atoms with Crippen molar-refractivity contribution in [3.63, 3.8) is 0 Å². The van der Waals surface area contributed by atoms with Crippen LogP contribution >= 0.6 is 11.6 Å². The molecule has 5 aromatic rings. The van der Waals surface area contributed by atoms with Gasteiger partial charge < -0.3 is 10.6 Å². The number of amides is 4. The Labute approximate surface area is 270 Å². The first kappa shape index (κ1) is 29.2. The number of anilines is 4. The molecule has 228 valence electrons. The van der Waals surface area contributed by atoms with Crippen LogP contribution < -0.4 is 21.3 Å². The van der Waals surface area contributed by atoms with Gasteiger partial charge in [-0.2, -0.15) is 24.9 Å². The van der Waals surface area contributed by atoms with E-state index in [-0.39, 0.29) is 17.2 Å². The van der Waals surface area contributed by atoms with Crippen LogP contribution in [0.3, 0.4) is 0 Å². The molecule has 0 saturated heterocycles. The Morgan fingerprint density at radius 1 is 0.574 bits per heavy atom. The fourth-order valence-corrected chi connectivity index (χ4v) is 5.94. The standard InChI is InChI=1S/C33H20ClN9O4/c34-29-39-30(42-32(46)37-23-3-7-27-19(13-23)9-17-11-21(35-15-44)1-5-25(17)27)41-31(40-29)43-33(47)38-24-4-8-28-20(14-24)10-18-12-22(36-16-45)2-6-26(18)28/h1-8,11-14H,9-10H2,(H4,37,38,39,40,41,42,43,46,47). The Hall–Kier alpha value is -6.52. The van der Waals surface area contributed by atoms with E-state index in [0.29, 0.717) is 35.6 Å². The second kappa shape index (κ2) is 12.1. The Balaban J connectivity index is 0.978. The molecule has 14 heteroatoms. The number of aliphatic imine (C=N–C) groups is 2. The molecule has 4 aromatic carbocycles. The molecule has 0 saturated carbocycles. The van der Waals surface area contributed by atoms with Crippen LogP contribution in [0.25, 0.3) is 22.3 Å². The number of halogens is 1. The van der Waals surface area contributed by atoms with Crippen molar-refractivity contribution >= 4 is 70.5 Å². The SMILES string of the molecule is O=C=Nc1ccc2c(c1)Cc1cc(NC(=O)Nc3nc(Cl)nc(NC(=O)Nc4ccc5c(c4)Cc4cc(N=C=O)ccc4-5)n3)ccc1-2. The highest BCUT2D eigenvalue weighted by Crippen LogP contribution is 2.40. The van der Waals surface area contributed by atoms with E-state index < -0.39 is 12.1 Å². The number of benzene rings is 4. The number of hydrogen-bond acceptors (Lipinski definition) is 9. The number of nitrogens with zero attached hydrogens (tertiary/aromatic N) is 5. The number of rotatable bonds is 6. The lowest BCUT2D eigenvalue weighted by Crippen LogP contribution is -2.24. The van der Waals surface area contributed by atoms with Crippen LogP contribution in [0.5, 0.6) is 0 Å². The number of hydrogen-bond donors (Lipinski definition) is 4. The molecular formula is C33H20ClN9O4. The zero-order valence-corrected chi connectivity index (χ0v) is 24.8. The number of isocyanates is 2. The normalized spacial score (nSPS) is 11.5. The van der Waals surface area contributed by atoms with Crippen LogP contribution in [0.2, 0.25) is 5.28 Å². The molecule has 0 bridgehead atoms. The average molecular weight is 642 g/mol. The highest BCUT2D eigenvalue weighted by molar-refractivity contribution is 6.28. The summed E-state index contributed by atoms with van der Waals surface area (Å²) in [6, 6.07) is 20.8. The average Bonchev–Trinajstić information content (AvgIpc) is 3.57. The molecule has 1 aromatic heterocycles. The summed E-state index contributed by atoms with van der Waals surface area (Å²) in [5.41, 5.74) is 10.3. The van der Waals surface area contributed by atoms with Crippen LogP contribution in [0, 0.1) is 0 Å². The molecule has 0 spiro atoms. The lowest BCUT2D eigenvalue weighted by Gasteiger charge is -2.11. The maximum absolute atomic E-state index is 12.8. The Bertz CT molecular complexity index is 2090. The van der Waals surface area contributed by atoms with Crippen molar-refractivity contribution < 1.29 is 19.2 Å². The minimum atomic E-state index is -0.634. The van der Waals surface area contributed by atoms with Crippen LogP contribution in [-0.2, 0) is 22.4 Å². The molecule has 0 atom stereocenters. The molecule has 2 aliphatic carbocycles. The second-order valence-electron chi connectivity index (χ2n) is 10.6. The molecule has 47 heavy (non-hydrogen) atoms. The smallest absolute Gasteiger partial charge is 0.308 e. The van der Waals surface area contributed by atoms with Gasteiger partial charge in [0, 0.05) is 11.4 Å². The van der Waals surface area contributed by atoms with E-state index in [4.69, 9.17) is 11.6 Å². The summed E-state index contributed by atoms with van der Waals surface area (Å²) in [5.74, 6) is -0.355. The van der Waals surface area contributed by atoms with Gasteiger partial charge in [0.15, 0.2) is 0 Å². The Kier molecular flexibility index (Phi) is 7.52. The van der Waals surface area contributed by atoms with E-state index in [0.717, 1.165) is 44.5 Å². The van der Waals surface area contributed by atoms with Gasteiger partial charge in [-0.25, -0.2) is 19.2 Å². The van der Waals surface area contributed by atoms with Gasteiger partial charge in [0.1, 0.15) is 0 Å². The van der Waals surface area contributed by atoms with Gasteiger partial charge in [0.2, 0.25) is 29.3 Å². The van der Waals surface area contributed by atoms with Crippen LogP contribution in [0.15, 0.2) is 82.8 Å². The van der Waals surface area contributed by atoms with Crippen molar-refractivity contribution in [2.24, 2.45) is 9.98 Å². The first-order chi connectivity index (χ1) is 22.8. The number of fused-ring (bicyclic) bond motifs is 6. The van der Waals surface area contributed by atoms with Gasteiger partial charge in [-0.1, -0.05) is 24.3 Å². The summed E-state index contributed by atoms with van der Waals surface area (Å²) < 4.78 is 0. The third kappa shape index (κ3) is 6.08. The number of nitrogens with one attached hydrogen (secondary N) is 4. The van der Waals surface area contributed by atoms with E-state index in [2.05, 4.69) is 46.2 Å². The third-order valence-corrected chi connectivity index (χ3v) is 7.82. The number of carbonyl (C=O) groups is 2. The van der Waals surface area contributed by atoms with Crippen LogP contribution in [0.4, 0.5) is 44.2 Å². The van der Waals surface area contributed by atoms with Crippen molar-refractivity contribution in [2.75, 3.05) is 21.3 Å². The fourth-order valence-electron chi connectivity index (χ4n) is 5.78. The topological polar surface area (TPSA) is 180 Å². The van der Waals surface area contributed by atoms with Crippen LogP contribution in [0.1, 0.15) is 22.3 Å². The lowest BCUT2D eigenvalue weighted by atomic mass is 10.1. The third-order valence-electron chi connectivity index (χ3n) is 7.65. The molecule has 4 amide bonds. The van der Waals surface area contributed by atoms with Gasteiger partial charge in [-0.15, -0.1) is 0 Å². The number of aromatic nitrogens is 3. The first-order valence-electron chi connectivity index (χ1n) is 14.1. The molecular weight excluding hydrogens is 622 g/mol. The van der Waals surface area contributed by atoms with Gasteiger partial charge in [0.25, 0.3) is 0 Å². The highest BCUT2D eigenvalue weighted by Gasteiger charge is 2.21. The minimum absolute atomic E-state index is 0.178. The molecule has 13 nitrogen and oxygen atoms in total. The van der Waals surface area contributed by atoms with Gasteiger partial charge >= 0.3 is 12.1 Å². The zero-order valence-electron chi connectivity index (χ0n) is 24.1. The van der Waals surface area contributed by atoms with Crippen molar-refractivity contribution in [1.29, 1.82) is 0 Å². The van der Waals surface area contributed by atoms with E-state index in [1.807, 2.05) is 48.5 Å². The lowest BCUT2D eigenvalue weighted by molar-refractivity contribution is 0.261. The van der Waals surface area contributed by atoms with Crippen LogP contribution in [-0.4, -0.2) is 39.2 Å². The molecule has 1 heterocycles. The molecule has 7 rings (SSSR count). The van der Waals surface area contributed by atoms with E-state index >= 15 is 0 Å². The maximum Gasteiger partial charge on any atom is 0.326 e. The fraction of sp³-hybridized carbons (Fsp3) is 0.0606. The molecule has 0 fully saturated rings. The molecule has 2 aliphatic rings. The van der Waals surface area contributed by atoms with Crippen molar-refractivity contribution in [1.82, 2.24) is 15.0 Å². The second-order valence-corrected chi connectivity index (χ2v) is 10.9. The number of urea groups is 2. The first-order valence-corrected chi connectivity index (χ1v) is 14.5. The van der Waals surface area contributed by atoms with E-state index in [9.17, 15) is 19.2 Å². The molecule has 0 aliphatic heterocycles. The summed E-state index contributed by atoms with van der Waals surface area (Å²) in [5, 5.41) is 10.3. The molecule has 0 unspecified atom stereocenters. The number of carbonyl (C=O) groups excluding carboxylic acids is 4. The predicted molar refractivity (Wildman–Crippen MR) is 175 cm³/mol. The molecule has 4 N–H and O–H groups in total. The minimum Gasteiger partial charge on any atom is -0.308 e. The quantitative estimate of drug-likeness (QED) is 0.113. The zero-order chi connectivity index (χ0) is 32.5. The van der Waals surface area contributed by atoms with Gasteiger partial charge in [0.05, 0.1) is 11.4 Å². The van der Waals surface area contributed by atoms with E-state index in [1.165, 1.54) is 0 Å². The monoisotopic (exact) mass is 641 g/mol. The van der Waals surface area contributed by atoms with Crippen molar-refractivity contribution in [3.8, 4) is 22.3 Å². The Morgan fingerprint density at radius 2 is 0.979 bits per heavy atom. The summed E-state index contributed by atoms with van der Waals surface area (Å²) in [7, 11) is 0. The van der Waals surface area contributed by atoms with Gasteiger partial charge in [-0.3, -0.25) is 10.6 Å². The Morgan fingerprint density at radius 3 is 1.40 bits per heavy atom. The molecule has 0 radical (unpaired) electrons. The highest BCUT2D eigenvalue weighted by atomic mass is 35.5. The summed E-state index contributed by atoms with van der Waals surface area (Å²) in [6.07, 6.45) is 4.33. The van der Waals surface area contributed by atoms with Crippen molar-refractivity contribution in [3.05, 3.63) is 100 Å². The summed E-state index contributed by atoms with van der Waals surface area (Å²) in [4.78, 5) is 66.1. The maximum atomic E-state index is 12.8.